The summed E-state index contributed by atoms with van der Waals surface area (Å²) in [6.45, 7) is 7.53. The van der Waals surface area contributed by atoms with Crippen molar-refractivity contribution in [3.63, 3.8) is 0 Å². The van der Waals surface area contributed by atoms with Crippen LogP contribution in [0.2, 0.25) is 10.0 Å². The zero-order valence-corrected chi connectivity index (χ0v) is 26.8. The Labute approximate surface area is 264 Å². The molecule has 1 aliphatic heterocycles. The third-order valence-corrected chi connectivity index (χ3v) is 11.1. The first-order valence-corrected chi connectivity index (χ1v) is 17.0. The second kappa shape index (κ2) is 12.6. The van der Waals surface area contributed by atoms with E-state index < -0.39 is 33.3 Å². The van der Waals surface area contributed by atoms with Gasteiger partial charge in [-0.15, -0.1) is 6.58 Å². The van der Waals surface area contributed by atoms with E-state index >= 15 is 0 Å². The highest BCUT2D eigenvalue weighted by Gasteiger charge is 2.54. The monoisotopic (exact) mass is 642 g/mol. The molecule has 2 unspecified atom stereocenters. The van der Waals surface area contributed by atoms with Crippen molar-refractivity contribution in [2.75, 3.05) is 16.6 Å². The fraction of sp³-hybridized carbons (Fsp3) is 0.382. The molecule has 0 aromatic heterocycles. The van der Waals surface area contributed by atoms with Gasteiger partial charge in [-0.3, -0.25) is 9.10 Å². The van der Waals surface area contributed by atoms with Crippen molar-refractivity contribution in [3.8, 4) is 0 Å². The van der Waals surface area contributed by atoms with Crippen molar-refractivity contribution < 1.29 is 17.6 Å². The average Bonchev–Trinajstić information content (AvgIpc) is 3.81. The number of hydrogen-bond donors (Lipinski definition) is 0. The van der Waals surface area contributed by atoms with Crippen molar-refractivity contribution >= 4 is 44.8 Å². The molecule has 1 saturated heterocycles. The molecule has 9 heteroatoms. The summed E-state index contributed by atoms with van der Waals surface area (Å²) in [7, 11) is -3.81. The van der Waals surface area contributed by atoms with Crippen LogP contribution in [0.4, 0.5) is 10.1 Å². The predicted molar refractivity (Wildman–Crippen MR) is 172 cm³/mol. The van der Waals surface area contributed by atoms with Crippen molar-refractivity contribution in [1.29, 1.82) is 0 Å². The van der Waals surface area contributed by atoms with Crippen LogP contribution in [0.5, 0.6) is 0 Å². The van der Waals surface area contributed by atoms with Crippen molar-refractivity contribution in [2.24, 2.45) is 11.3 Å². The second-order valence-corrected chi connectivity index (χ2v) is 15.0. The van der Waals surface area contributed by atoms with Gasteiger partial charge in [0.15, 0.2) is 0 Å². The quantitative estimate of drug-likeness (QED) is 0.197. The van der Waals surface area contributed by atoms with Crippen molar-refractivity contribution in [1.82, 2.24) is 4.90 Å². The Balaban J connectivity index is 1.70. The molecule has 3 aromatic rings. The van der Waals surface area contributed by atoms with Gasteiger partial charge in [-0.05, 0) is 92.1 Å². The number of halogens is 3. The van der Waals surface area contributed by atoms with E-state index in [0.717, 1.165) is 24.0 Å². The first-order chi connectivity index (χ1) is 20.5. The summed E-state index contributed by atoms with van der Waals surface area (Å²) in [6, 6.07) is 20.0. The maximum absolute atomic E-state index is 14.8. The number of benzene rings is 3. The SMILES string of the molecule is C=CC[C@@]1(C)CC(c2cccc(Cl)c2)C(c2ccc(Cl)cc2)N([C@H](CN(c2cccc(F)c2)S(=O)(=O)CC)C2CC2)C1=O. The number of sulfonamides is 1. The number of carbonyl (C=O) groups excluding carboxylic acids is 1. The summed E-state index contributed by atoms with van der Waals surface area (Å²) in [5.41, 5.74) is 1.38. The number of allylic oxidation sites excluding steroid dienone is 1. The molecule has 43 heavy (non-hydrogen) atoms. The zero-order chi connectivity index (χ0) is 30.9. The van der Waals surface area contributed by atoms with E-state index in [1.54, 1.807) is 19.1 Å². The summed E-state index contributed by atoms with van der Waals surface area (Å²) >= 11 is 12.8. The molecule has 0 bridgehead atoms. The van der Waals surface area contributed by atoms with E-state index in [0.29, 0.717) is 22.9 Å². The third-order valence-electron chi connectivity index (χ3n) is 8.86. The average molecular weight is 644 g/mol. The summed E-state index contributed by atoms with van der Waals surface area (Å²) in [5, 5.41) is 1.18. The van der Waals surface area contributed by atoms with E-state index in [-0.39, 0.29) is 35.7 Å². The van der Waals surface area contributed by atoms with Crippen LogP contribution in [0.1, 0.15) is 62.6 Å². The highest BCUT2D eigenvalue weighted by Crippen LogP contribution is 2.54. The second-order valence-electron chi connectivity index (χ2n) is 11.9. The number of nitrogens with zero attached hydrogens (tertiary/aromatic N) is 2. The molecule has 1 amide bonds. The predicted octanol–water partition coefficient (Wildman–Crippen LogP) is 8.41. The number of hydrogen-bond acceptors (Lipinski definition) is 3. The van der Waals surface area contributed by atoms with Crippen molar-refractivity contribution in [2.45, 2.75) is 57.5 Å². The Bertz CT molecular complexity index is 1600. The van der Waals surface area contributed by atoms with Crippen LogP contribution in [0.3, 0.4) is 0 Å². The summed E-state index contributed by atoms with van der Waals surface area (Å²) in [4.78, 5) is 16.7. The molecule has 3 aromatic carbocycles. The van der Waals surface area contributed by atoms with Gasteiger partial charge >= 0.3 is 0 Å². The zero-order valence-electron chi connectivity index (χ0n) is 24.4. The highest BCUT2D eigenvalue weighted by molar-refractivity contribution is 7.92. The summed E-state index contributed by atoms with van der Waals surface area (Å²) < 4.78 is 42.8. The molecule has 1 heterocycles. The van der Waals surface area contributed by atoms with Crippen LogP contribution in [-0.4, -0.2) is 37.6 Å². The summed E-state index contributed by atoms with van der Waals surface area (Å²) in [6.07, 6.45) is 4.53. The number of carbonyl (C=O) groups is 1. The van der Waals surface area contributed by atoms with Gasteiger partial charge in [0.1, 0.15) is 5.82 Å². The number of piperidine rings is 1. The lowest BCUT2D eigenvalue weighted by Gasteiger charge is -2.53. The Hall–Kier alpha value is -2.87. The molecule has 5 rings (SSSR count). The number of likely N-dealkylation sites (tertiary alicyclic amines) is 1. The van der Waals surface area contributed by atoms with E-state index in [1.165, 1.54) is 22.5 Å². The van der Waals surface area contributed by atoms with Gasteiger partial charge in [0.05, 0.1) is 35.5 Å². The minimum Gasteiger partial charge on any atom is -0.329 e. The number of anilines is 1. The molecule has 1 saturated carbocycles. The van der Waals surface area contributed by atoms with Crippen LogP contribution in [-0.2, 0) is 14.8 Å². The van der Waals surface area contributed by atoms with E-state index in [4.69, 9.17) is 23.2 Å². The van der Waals surface area contributed by atoms with Crippen LogP contribution < -0.4 is 4.31 Å². The Morgan fingerprint density at radius 2 is 1.74 bits per heavy atom. The lowest BCUT2D eigenvalue weighted by atomic mass is 9.67. The highest BCUT2D eigenvalue weighted by atomic mass is 35.5. The van der Waals surface area contributed by atoms with Gasteiger partial charge in [-0.1, -0.05) is 66.5 Å². The Morgan fingerprint density at radius 1 is 1.05 bits per heavy atom. The normalized spacial score (nSPS) is 23.2. The van der Waals surface area contributed by atoms with Gasteiger partial charge in [-0.2, -0.15) is 0 Å². The standard InChI is InChI=1S/C34H37Cl2FN2O3S/c1-4-18-34(3)21-30(25-8-6-9-27(36)19-25)32(24-14-16-26(35)17-15-24)39(33(34)40)31(23-12-13-23)22-38(43(41,42)5-2)29-11-7-10-28(37)20-29/h4,6-11,14-17,19-20,23,30-32H,1,5,12-13,18,21-22H2,2-3H3/t30?,31-,32?,34+/m1/s1. The van der Waals surface area contributed by atoms with Crippen LogP contribution >= 0.6 is 23.2 Å². The molecule has 228 valence electrons. The molecule has 0 spiro atoms. The minimum atomic E-state index is -3.81. The topological polar surface area (TPSA) is 57.7 Å². The maximum Gasteiger partial charge on any atom is 0.234 e. The molecule has 5 nitrogen and oxygen atoms in total. The molecule has 1 aliphatic carbocycles. The van der Waals surface area contributed by atoms with E-state index in [2.05, 4.69) is 6.58 Å². The molecule has 4 atom stereocenters. The minimum absolute atomic E-state index is 0.0204. The molecular formula is C34H37Cl2FN2O3S. The number of rotatable bonds is 11. The first kappa shape index (κ1) is 31.6. The Kier molecular flexibility index (Phi) is 9.26. The molecule has 0 radical (unpaired) electrons. The van der Waals surface area contributed by atoms with Crippen molar-refractivity contribution in [3.05, 3.63) is 112 Å². The van der Waals surface area contributed by atoms with Crippen LogP contribution in [0.15, 0.2) is 85.5 Å². The largest absolute Gasteiger partial charge is 0.329 e. The fourth-order valence-electron chi connectivity index (χ4n) is 6.53. The lowest BCUT2D eigenvalue weighted by Crippen LogP contribution is -2.59. The van der Waals surface area contributed by atoms with Gasteiger partial charge in [0.25, 0.3) is 0 Å². The van der Waals surface area contributed by atoms with Gasteiger partial charge < -0.3 is 4.90 Å². The van der Waals surface area contributed by atoms with Gasteiger partial charge in [0, 0.05) is 16.0 Å². The summed E-state index contributed by atoms with van der Waals surface area (Å²) in [5.74, 6) is -0.781. The van der Waals surface area contributed by atoms with Crippen LogP contribution in [0, 0.1) is 17.2 Å². The van der Waals surface area contributed by atoms with Gasteiger partial charge in [0.2, 0.25) is 15.9 Å². The molecule has 0 N–H and O–H groups in total. The number of amides is 1. The smallest absolute Gasteiger partial charge is 0.234 e. The third kappa shape index (κ3) is 6.64. The van der Waals surface area contributed by atoms with E-state index in [9.17, 15) is 17.6 Å². The van der Waals surface area contributed by atoms with Crippen LogP contribution in [0.25, 0.3) is 0 Å². The Morgan fingerprint density at radius 3 is 2.35 bits per heavy atom. The molecule has 2 aliphatic rings. The maximum atomic E-state index is 14.8. The van der Waals surface area contributed by atoms with Gasteiger partial charge in [-0.25, -0.2) is 12.8 Å². The lowest BCUT2D eigenvalue weighted by molar-refractivity contribution is -0.154. The molecular weight excluding hydrogens is 606 g/mol. The first-order valence-electron chi connectivity index (χ1n) is 14.7. The fourth-order valence-corrected chi connectivity index (χ4v) is 7.99. The van der Waals surface area contributed by atoms with E-state index in [1.807, 2.05) is 60.4 Å². The molecule has 2 fully saturated rings.